The molecule has 5 heteroatoms. The summed E-state index contributed by atoms with van der Waals surface area (Å²) in [5.74, 6) is 0.969. The minimum atomic E-state index is 0.754. The number of ether oxygens (including phenoxy) is 1. The summed E-state index contributed by atoms with van der Waals surface area (Å²) in [4.78, 5) is 3.83. The number of rotatable bonds is 12. The fourth-order valence-corrected chi connectivity index (χ4v) is 3.76. The summed E-state index contributed by atoms with van der Waals surface area (Å²) in [5.41, 5.74) is 11.2. The van der Waals surface area contributed by atoms with Crippen molar-refractivity contribution in [3.05, 3.63) is 29.1 Å². The van der Waals surface area contributed by atoms with Crippen molar-refractivity contribution in [2.45, 2.75) is 32.6 Å². The van der Waals surface area contributed by atoms with Crippen LogP contribution >= 0.6 is 11.3 Å². The normalized spacial score (nSPS) is 11.5. The summed E-state index contributed by atoms with van der Waals surface area (Å²) >= 11 is 1.83. The molecule has 0 amide bonds. The van der Waals surface area contributed by atoms with E-state index in [0.717, 1.165) is 70.8 Å². The van der Waals surface area contributed by atoms with E-state index in [0.29, 0.717) is 0 Å². The highest BCUT2D eigenvalue weighted by atomic mass is 32.1. The highest BCUT2D eigenvalue weighted by molar-refractivity contribution is 7.19. The molecule has 0 aliphatic heterocycles. The Labute approximate surface area is 149 Å². The van der Waals surface area contributed by atoms with Gasteiger partial charge >= 0.3 is 0 Å². The number of hydrogen-bond donors (Lipinski definition) is 2. The van der Waals surface area contributed by atoms with Crippen LogP contribution in [0.15, 0.2) is 24.3 Å². The van der Waals surface area contributed by atoms with Gasteiger partial charge in [-0.2, -0.15) is 0 Å². The van der Waals surface area contributed by atoms with Crippen molar-refractivity contribution >= 4 is 21.4 Å². The van der Waals surface area contributed by atoms with Crippen LogP contribution in [0.2, 0.25) is 0 Å². The average molecular weight is 350 g/mol. The number of hydrogen-bond acceptors (Lipinski definition) is 5. The van der Waals surface area contributed by atoms with E-state index in [1.165, 1.54) is 15.0 Å². The highest BCUT2D eigenvalue weighted by Gasteiger charge is 2.05. The Morgan fingerprint density at radius 1 is 0.958 bits per heavy atom. The van der Waals surface area contributed by atoms with Gasteiger partial charge in [0.15, 0.2) is 0 Å². The lowest BCUT2D eigenvalue weighted by Gasteiger charge is -2.22. The SMILES string of the molecule is Cc1cc2cc(OCCCN(CCCN)CCCCN)ccc2s1. The van der Waals surface area contributed by atoms with E-state index in [2.05, 4.69) is 36.1 Å². The summed E-state index contributed by atoms with van der Waals surface area (Å²) in [7, 11) is 0. The van der Waals surface area contributed by atoms with Gasteiger partial charge in [0.2, 0.25) is 0 Å². The molecule has 0 bridgehead atoms. The molecule has 2 aromatic rings. The van der Waals surface area contributed by atoms with E-state index in [-0.39, 0.29) is 0 Å². The topological polar surface area (TPSA) is 64.5 Å². The second kappa shape index (κ2) is 10.7. The molecule has 0 atom stereocenters. The molecule has 0 spiro atoms. The minimum Gasteiger partial charge on any atom is -0.494 e. The molecular weight excluding hydrogens is 318 g/mol. The van der Waals surface area contributed by atoms with Crippen LogP contribution in [-0.2, 0) is 0 Å². The predicted molar refractivity (Wildman–Crippen MR) is 105 cm³/mol. The first-order valence-electron chi connectivity index (χ1n) is 8.98. The predicted octanol–water partition coefficient (Wildman–Crippen LogP) is 3.37. The van der Waals surface area contributed by atoms with Crippen molar-refractivity contribution < 1.29 is 4.74 Å². The summed E-state index contributed by atoms with van der Waals surface area (Å²) in [5, 5.41) is 1.28. The summed E-state index contributed by atoms with van der Waals surface area (Å²) in [6.07, 6.45) is 4.34. The van der Waals surface area contributed by atoms with Crippen molar-refractivity contribution in [2.75, 3.05) is 39.3 Å². The maximum absolute atomic E-state index is 5.94. The maximum atomic E-state index is 5.94. The van der Waals surface area contributed by atoms with E-state index >= 15 is 0 Å². The van der Waals surface area contributed by atoms with Gasteiger partial charge in [-0.15, -0.1) is 11.3 Å². The Morgan fingerprint density at radius 3 is 2.50 bits per heavy atom. The molecule has 0 fully saturated rings. The van der Waals surface area contributed by atoms with Gasteiger partial charge in [0, 0.05) is 16.1 Å². The van der Waals surface area contributed by atoms with Crippen molar-refractivity contribution in [3.8, 4) is 5.75 Å². The van der Waals surface area contributed by atoms with Crippen LogP contribution in [0.4, 0.5) is 0 Å². The average Bonchev–Trinajstić information content (AvgIpc) is 2.95. The molecule has 0 unspecified atom stereocenters. The third-order valence-corrected chi connectivity index (χ3v) is 5.14. The zero-order valence-corrected chi connectivity index (χ0v) is 15.6. The van der Waals surface area contributed by atoms with E-state index in [1.807, 2.05) is 11.3 Å². The van der Waals surface area contributed by atoms with Gasteiger partial charge in [0.25, 0.3) is 0 Å². The van der Waals surface area contributed by atoms with Crippen LogP contribution in [0, 0.1) is 6.92 Å². The monoisotopic (exact) mass is 349 g/mol. The van der Waals surface area contributed by atoms with E-state index in [4.69, 9.17) is 16.2 Å². The maximum Gasteiger partial charge on any atom is 0.119 e. The van der Waals surface area contributed by atoms with Gasteiger partial charge < -0.3 is 21.1 Å². The number of aryl methyl sites for hydroxylation is 1. The number of fused-ring (bicyclic) bond motifs is 1. The Hall–Kier alpha value is -1.14. The fourth-order valence-electron chi connectivity index (χ4n) is 2.85. The van der Waals surface area contributed by atoms with Crippen LogP contribution in [0.5, 0.6) is 5.75 Å². The van der Waals surface area contributed by atoms with Crippen molar-refractivity contribution in [3.63, 3.8) is 0 Å². The van der Waals surface area contributed by atoms with Gasteiger partial charge in [0.1, 0.15) is 5.75 Å². The van der Waals surface area contributed by atoms with Gasteiger partial charge in [-0.3, -0.25) is 0 Å². The van der Waals surface area contributed by atoms with Crippen molar-refractivity contribution in [2.24, 2.45) is 11.5 Å². The molecular formula is C19H31N3OS. The Balaban J connectivity index is 1.73. The summed E-state index contributed by atoms with van der Waals surface area (Å²) < 4.78 is 7.26. The van der Waals surface area contributed by atoms with Gasteiger partial charge in [-0.25, -0.2) is 0 Å². The highest BCUT2D eigenvalue weighted by Crippen LogP contribution is 2.28. The molecule has 1 heterocycles. The number of nitrogens with zero attached hydrogens (tertiary/aromatic N) is 1. The molecule has 0 saturated heterocycles. The van der Waals surface area contributed by atoms with Gasteiger partial charge in [0.05, 0.1) is 6.61 Å². The van der Waals surface area contributed by atoms with Crippen LogP contribution in [0.3, 0.4) is 0 Å². The Kier molecular flexibility index (Phi) is 8.53. The van der Waals surface area contributed by atoms with Crippen LogP contribution < -0.4 is 16.2 Å². The first kappa shape index (κ1) is 19.2. The third kappa shape index (κ3) is 6.40. The number of benzene rings is 1. The van der Waals surface area contributed by atoms with E-state index in [1.54, 1.807) is 0 Å². The summed E-state index contributed by atoms with van der Waals surface area (Å²) in [6, 6.07) is 8.60. The van der Waals surface area contributed by atoms with Gasteiger partial charge in [-0.05, 0) is 88.4 Å². The smallest absolute Gasteiger partial charge is 0.119 e. The van der Waals surface area contributed by atoms with Crippen molar-refractivity contribution in [1.29, 1.82) is 0 Å². The van der Waals surface area contributed by atoms with E-state index in [9.17, 15) is 0 Å². The molecule has 24 heavy (non-hydrogen) atoms. The third-order valence-electron chi connectivity index (χ3n) is 4.11. The Morgan fingerprint density at radius 2 is 1.71 bits per heavy atom. The molecule has 1 aromatic carbocycles. The van der Waals surface area contributed by atoms with Crippen LogP contribution in [0.1, 0.15) is 30.6 Å². The zero-order valence-electron chi connectivity index (χ0n) is 14.8. The molecule has 1 aromatic heterocycles. The first-order valence-corrected chi connectivity index (χ1v) is 9.80. The lowest BCUT2D eigenvalue weighted by molar-refractivity contribution is 0.230. The molecule has 0 aliphatic carbocycles. The molecule has 4 N–H and O–H groups in total. The lowest BCUT2D eigenvalue weighted by Crippen LogP contribution is -2.29. The quantitative estimate of drug-likeness (QED) is 0.577. The second-order valence-electron chi connectivity index (χ2n) is 6.24. The van der Waals surface area contributed by atoms with Gasteiger partial charge in [-0.1, -0.05) is 0 Å². The first-order chi connectivity index (χ1) is 11.7. The molecule has 134 valence electrons. The minimum absolute atomic E-state index is 0.754. The molecule has 2 rings (SSSR count). The van der Waals surface area contributed by atoms with E-state index < -0.39 is 0 Å². The molecule has 0 radical (unpaired) electrons. The molecule has 0 aliphatic rings. The Bertz CT molecular complexity index is 599. The lowest BCUT2D eigenvalue weighted by atomic mass is 10.2. The molecule has 4 nitrogen and oxygen atoms in total. The standard InChI is InChI=1S/C19H31N3OS/c1-16-14-17-15-18(6-7-19(17)24-16)23-13-5-12-22(11-4-9-21)10-3-2-8-20/h6-7,14-15H,2-5,8-13,20-21H2,1H3. The van der Waals surface area contributed by atoms with Crippen LogP contribution in [-0.4, -0.2) is 44.2 Å². The van der Waals surface area contributed by atoms with Crippen molar-refractivity contribution in [1.82, 2.24) is 4.90 Å². The number of nitrogens with two attached hydrogens (primary N) is 2. The molecule has 0 saturated carbocycles. The van der Waals surface area contributed by atoms with Crippen LogP contribution in [0.25, 0.3) is 10.1 Å². The number of thiophene rings is 1. The second-order valence-corrected chi connectivity index (χ2v) is 7.53. The summed E-state index contributed by atoms with van der Waals surface area (Å²) in [6.45, 7) is 7.67. The fraction of sp³-hybridized carbons (Fsp3) is 0.579. The zero-order chi connectivity index (χ0) is 17.2. The largest absolute Gasteiger partial charge is 0.494 e. The number of unbranched alkanes of at least 4 members (excludes halogenated alkanes) is 1.